The second-order valence-electron chi connectivity index (χ2n) is 6.30. The predicted octanol–water partition coefficient (Wildman–Crippen LogP) is 5.97. The van der Waals surface area contributed by atoms with Crippen molar-refractivity contribution in [1.29, 1.82) is 5.26 Å². The maximum atomic E-state index is 12.0. The van der Waals surface area contributed by atoms with Crippen LogP contribution in [0.25, 0.3) is 23.0 Å². The first-order valence-electron chi connectivity index (χ1n) is 9.26. The fourth-order valence-electron chi connectivity index (χ4n) is 2.69. The summed E-state index contributed by atoms with van der Waals surface area (Å²) in [4.78, 5) is 12.0. The van der Waals surface area contributed by atoms with Crippen LogP contribution in [0.4, 0.5) is 0 Å². The van der Waals surface area contributed by atoms with E-state index in [1.54, 1.807) is 18.2 Å². The molecule has 0 aliphatic heterocycles. The van der Waals surface area contributed by atoms with Gasteiger partial charge >= 0.3 is 5.97 Å². The van der Waals surface area contributed by atoms with Crippen molar-refractivity contribution < 1.29 is 13.9 Å². The lowest BCUT2D eigenvalue weighted by Crippen LogP contribution is -2.05. The van der Waals surface area contributed by atoms with Gasteiger partial charge in [0.25, 0.3) is 0 Å². The zero-order chi connectivity index (χ0) is 19.8. The van der Waals surface area contributed by atoms with Crippen LogP contribution in [-0.2, 0) is 4.74 Å². The lowest BCUT2D eigenvalue weighted by Gasteiger charge is -2.04. The topological polar surface area (TPSA) is 63.2 Å². The summed E-state index contributed by atoms with van der Waals surface area (Å²) in [6, 6.07) is 22.4. The molecule has 1 heterocycles. The number of rotatable bonds is 7. The molecule has 3 rings (SSSR count). The molecule has 0 N–H and O–H groups in total. The average Bonchev–Trinajstić information content (AvgIpc) is 3.21. The third kappa shape index (κ3) is 4.77. The number of hydrogen-bond acceptors (Lipinski definition) is 4. The van der Waals surface area contributed by atoms with Gasteiger partial charge in [-0.1, -0.05) is 55.8 Å². The summed E-state index contributed by atoms with van der Waals surface area (Å²) in [6.45, 7) is 2.49. The highest BCUT2D eigenvalue weighted by Crippen LogP contribution is 2.25. The summed E-state index contributed by atoms with van der Waals surface area (Å²) in [5.74, 6) is 0.950. The molecule has 3 aromatic rings. The van der Waals surface area contributed by atoms with E-state index in [0.29, 0.717) is 29.3 Å². The number of carbonyl (C=O) groups excluding carboxylic acids is 1. The smallest absolute Gasteiger partial charge is 0.338 e. The summed E-state index contributed by atoms with van der Waals surface area (Å²) in [7, 11) is 0. The first-order valence-corrected chi connectivity index (χ1v) is 9.26. The zero-order valence-corrected chi connectivity index (χ0v) is 15.7. The highest BCUT2D eigenvalue weighted by molar-refractivity contribution is 5.90. The van der Waals surface area contributed by atoms with Crippen molar-refractivity contribution in [2.75, 3.05) is 6.61 Å². The van der Waals surface area contributed by atoms with Gasteiger partial charge in [0.15, 0.2) is 0 Å². The van der Waals surface area contributed by atoms with Crippen LogP contribution in [0.2, 0.25) is 0 Å². The van der Waals surface area contributed by atoms with Crippen molar-refractivity contribution in [3.05, 3.63) is 83.6 Å². The average molecular weight is 371 g/mol. The molecule has 0 amide bonds. The highest BCUT2D eigenvalue weighted by Gasteiger charge is 2.09. The Morgan fingerprint density at radius 3 is 2.46 bits per heavy atom. The van der Waals surface area contributed by atoms with Gasteiger partial charge < -0.3 is 9.15 Å². The molecular weight excluding hydrogens is 350 g/mol. The number of nitriles is 1. The predicted molar refractivity (Wildman–Crippen MR) is 109 cm³/mol. The van der Waals surface area contributed by atoms with Crippen LogP contribution in [0.3, 0.4) is 0 Å². The number of carbonyl (C=O) groups is 1. The number of hydrogen-bond donors (Lipinski definition) is 0. The standard InChI is InChI=1S/C24H21NO3/c1-2-3-15-27-24(26)20-11-9-19(10-12-20)23-14-13-22(28-23)16-21(17-25)18-7-5-4-6-8-18/h4-14,16H,2-3,15H2,1H3/b21-16+. The third-order valence-corrected chi connectivity index (χ3v) is 4.25. The molecule has 0 saturated heterocycles. The summed E-state index contributed by atoms with van der Waals surface area (Å²) < 4.78 is 11.1. The molecular formula is C24H21NO3. The van der Waals surface area contributed by atoms with Crippen molar-refractivity contribution in [2.45, 2.75) is 19.8 Å². The van der Waals surface area contributed by atoms with Gasteiger partial charge in [0.1, 0.15) is 11.5 Å². The maximum absolute atomic E-state index is 12.0. The Bertz CT molecular complexity index is 992. The van der Waals surface area contributed by atoms with Crippen LogP contribution >= 0.6 is 0 Å². The van der Waals surface area contributed by atoms with Crippen molar-refractivity contribution >= 4 is 17.6 Å². The molecule has 2 aromatic carbocycles. The number of furan rings is 1. The van der Waals surface area contributed by atoms with Gasteiger partial charge in [0.2, 0.25) is 0 Å². The van der Waals surface area contributed by atoms with Gasteiger partial charge in [-0.25, -0.2) is 4.79 Å². The Labute approximate surface area is 164 Å². The van der Waals surface area contributed by atoms with Crippen LogP contribution in [-0.4, -0.2) is 12.6 Å². The molecule has 0 atom stereocenters. The molecule has 0 radical (unpaired) electrons. The Balaban J connectivity index is 1.74. The molecule has 1 aromatic heterocycles. The zero-order valence-electron chi connectivity index (χ0n) is 15.7. The summed E-state index contributed by atoms with van der Waals surface area (Å²) >= 11 is 0. The van der Waals surface area contributed by atoms with Crippen LogP contribution in [0.15, 0.2) is 71.1 Å². The SMILES string of the molecule is CCCCOC(=O)c1ccc(-c2ccc(/C=C(\C#N)c3ccccc3)o2)cc1. The second-order valence-corrected chi connectivity index (χ2v) is 6.30. The fourth-order valence-corrected chi connectivity index (χ4v) is 2.69. The van der Waals surface area contributed by atoms with Crippen LogP contribution < -0.4 is 0 Å². The lowest BCUT2D eigenvalue weighted by atomic mass is 10.1. The van der Waals surface area contributed by atoms with E-state index in [1.165, 1.54) is 0 Å². The summed E-state index contributed by atoms with van der Waals surface area (Å²) in [5, 5.41) is 9.42. The quantitative estimate of drug-likeness (QED) is 0.292. The minimum absolute atomic E-state index is 0.315. The molecule has 0 bridgehead atoms. The number of allylic oxidation sites excluding steroid dienone is 1. The summed E-state index contributed by atoms with van der Waals surface area (Å²) in [5.41, 5.74) is 2.74. The number of esters is 1. The Morgan fingerprint density at radius 2 is 1.79 bits per heavy atom. The van der Waals surface area contributed by atoms with Gasteiger partial charge in [-0.15, -0.1) is 0 Å². The van der Waals surface area contributed by atoms with E-state index in [2.05, 4.69) is 13.0 Å². The number of ether oxygens (including phenoxy) is 1. The first-order chi connectivity index (χ1) is 13.7. The summed E-state index contributed by atoms with van der Waals surface area (Å²) in [6.07, 6.45) is 3.57. The van der Waals surface area contributed by atoms with E-state index in [1.807, 2.05) is 54.6 Å². The minimum atomic E-state index is -0.315. The number of nitrogens with zero attached hydrogens (tertiary/aromatic N) is 1. The van der Waals surface area contributed by atoms with Crippen molar-refractivity contribution in [2.24, 2.45) is 0 Å². The molecule has 0 spiro atoms. The monoisotopic (exact) mass is 371 g/mol. The van der Waals surface area contributed by atoms with Gasteiger partial charge in [0, 0.05) is 5.56 Å². The fraction of sp³-hybridized carbons (Fsp3) is 0.167. The van der Waals surface area contributed by atoms with E-state index < -0.39 is 0 Å². The Morgan fingerprint density at radius 1 is 1.04 bits per heavy atom. The molecule has 4 nitrogen and oxygen atoms in total. The Hall–Kier alpha value is -3.58. The maximum Gasteiger partial charge on any atom is 0.338 e. The van der Waals surface area contributed by atoms with Crippen molar-refractivity contribution in [1.82, 2.24) is 0 Å². The molecule has 0 saturated carbocycles. The van der Waals surface area contributed by atoms with E-state index >= 15 is 0 Å². The number of unbranched alkanes of at least 4 members (excludes halogenated alkanes) is 1. The molecule has 0 fully saturated rings. The number of benzene rings is 2. The van der Waals surface area contributed by atoms with Gasteiger partial charge in [-0.05, 0) is 42.3 Å². The minimum Gasteiger partial charge on any atom is -0.462 e. The molecule has 0 aliphatic carbocycles. The van der Waals surface area contributed by atoms with E-state index in [0.717, 1.165) is 24.0 Å². The van der Waals surface area contributed by atoms with Gasteiger partial charge in [-0.3, -0.25) is 0 Å². The van der Waals surface area contributed by atoms with Crippen LogP contribution in [0.5, 0.6) is 0 Å². The lowest BCUT2D eigenvalue weighted by molar-refractivity contribution is 0.0500. The van der Waals surface area contributed by atoms with Crippen molar-refractivity contribution in [3.8, 4) is 17.4 Å². The van der Waals surface area contributed by atoms with Crippen LogP contribution in [0, 0.1) is 11.3 Å². The molecule has 0 unspecified atom stereocenters. The largest absolute Gasteiger partial charge is 0.462 e. The second kappa shape index (κ2) is 9.38. The van der Waals surface area contributed by atoms with Crippen molar-refractivity contribution in [3.63, 3.8) is 0 Å². The van der Waals surface area contributed by atoms with Gasteiger partial charge in [-0.2, -0.15) is 5.26 Å². The molecule has 0 aliphatic rings. The third-order valence-electron chi connectivity index (χ3n) is 4.25. The van der Waals surface area contributed by atoms with E-state index in [9.17, 15) is 10.1 Å². The van der Waals surface area contributed by atoms with E-state index in [4.69, 9.17) is 9.15 Å². The van der Waals surface area contributed by atoms with Gasteiger partial charge in [0.05, 0.1) is 23.8 Å². The molecule has 28 heavy (non-hydrogen) atoms. The Kier molecular flexibility index (Phi) is 6.43. The van der Waals surface area contributed by atoms with Crippen LogP contribution in [0.1, 0.15) is 41.4 Å². The molecule has 140 valence electrons. The molecule has 4 heteroatoms. The highest BCUT2D eigenvalue weighted by atomic mass is 16.5. The first kappa shape index (κ1) is 19.2. The normalized spacial score (nSPS) is 11.1. The van der Waals surface area contributed by atoms with E-state index in [-0.39, 0.29) is 5.97 Å².